The Balaban J connectivity index is 1.90. The summed E-state index contributed by atoms with van der Waals surface area (Å²) in [5.41, 5.74) is 2.10. The van der Waals surface area contributed by atoms with Crippen LogP contribution < -0.4 is 15.5 Å². The van der Waals surface area contributed by atoms with Gasteiger partial charge >= 0.3 is 0 Å². The summed E-state index contributed by atoms with van der Waals surface area (Å²) in [4.78, 5) is 25.1. The monoisotopic (exact) mass is 365 g/mol. The molecule has 1 aromatic heterocycles. The second-order valence-electron chi connectivity index (χ2n) is 6.94. The topological polar surface area (TPSA) is 68.5 Å². The minimum absolute atomic E-state index is 0.00974. The molecule has 5 nitrogen and oxygen atoms in total. The molecular weight excluding hydrogens is 342 g/mol. The molecule has 1 heterocycles. The van der Waals surface area contributed by atoms with Gasteiger partial charge < -0.3 is 14.5 Å². The highest BCUT2D eigenvalue weighted by atomic mass is 16.5. The van der Waals surface area contributed by atoms with E-state index in [1.807, 2.05) is 51.1 Å². The van der Waals surface area contributed by atoms with E-state index < -0.39 is 5.91 Å². The van der Waals surface area contributed by atoms with Crippen LogP contribution in [0.15, 0.2) is 57.7 Å². The third kappa shape index (κ3) is 4.03. The van der Waals surface area contributed by atoms with Gasteiger partial charge in [-0.25, -0.2) is 0 Å². The minimum atomic E-state index is -0.413. The molecule has 140 valence electrons. The van der Waals surface area contributed by atoms with Crippen molar-refractivity contribution in [2.24, 2.45) is 5.92 Å². The highest BCUT2D eigenvalue weighted by Gasteiger charge is 2.21. The molecule has 1 amide bonds. The van der Waals surface area contributed by atoms with Gasteiger partial charge in [0.25, 0.3) is 5.91 Å². The zero-order valence-corrected chi connectivity index (χ0v) is 15.9. The molecule has 27 heavy (non-hydrogen) atoms. The van der Waals surface area contributed by atoms with E-state index >= 15 is 0 Å². The third-order valence-electron chi connectivity index (χ3n) is 4.53. The van der Waals surface area contributed by atoms with Gasteiger partial charge in [0, 0.05) is 6.07 Å². The lowest BCUT2D eigenvalue weighted by atomic mass is 9.96. The van der Waals surface area contributed by atoms with Crippen LogP contribution in [0.3, 0.4) is 0 Å². The summed E-state index contributed by atoms with van der Waals surface area (Å²) in [6.07, 6.45) is 0. The van der Waals surface area contributed by atoms with Crippen molar-refractivity contribution in [2.75, 3.05) is 7.11 Å². The Morgan fingerprint density at radius 3 is 2.41 bits per heavy atom. The second-order valence-corrected chi connectivity index (χ2v) is 6.94. The van der Waals surface area contributed by atoms with E-state index in [1.54, 1.807) is 19.2 Å². The number of benzene rings is 2. The molecule has 0 aliphatic heterocycles. The van der Waals surface area contributed by atoms with Crippen molar-refractivity contribution in [3.8, 4) is 5.75 Å². The molecule has 1 atom stereocenters. The summed E-state index contributed by atoms with van der Waals surface area (Å²) in [7, 11) is 1.61. The van der Waals surface area contributed by atoms with Crippen molar-refractivity contribution >= 4 is 16.9 Å². The molecule has 1 N–H and O–H groups in total. The second kappa shape index (κ2) is 7.66. The fourth-order valence-electron chi connectivity index (χ4n) is 3.04. The summed E-state index contributed by atoms with van der Waals surface area (Å²) >= 11 is 0. The van der Waals surface area contributed by atoms with E-state index in [0.29, 0.717) is 11.0 Å². The van der Waals surface area contributed by atoms with Gasteiger partial charge in [0.1, 0.15) is 11.3 Å². The van der Waals surface area contributed by atoms with Crippen molar-refractivity contribution in [1.29, 1.82) is 0 Å². The molecular formula is C22H23NO4. The smallest absolute Gasteiger partial charge is 0.287 e. The van der Waals surface area contributed by atoms with Crippen molar-refractivity contribution in [1.82, 2.24) is 5.32 Å². The molecule has 0 fully saturated rings. The number of fused-ring (bicyclic) bond motifs is 1. The van der Waals surface area contributed by atoms with E-state index in [1.165, 1.54) is 6.07 Å². The van der Waals surface area contributed by atoms with Crippen molar-refractivity contribution < 1.29 is 13.9 Å². The van der Waals surface area contributed by atoms with Gasteiger partial charge in [-0.05, 0) is 42.7 Å². The molecule has 3 aromatic rings. The van der Waals surface area contributed by atoms with Crippen LogP contribution in [-0.4, -0.2) is 13.0 Å². The number of hydrogen-bond acceptors (Lipinski definition) is 4. The highest BCUT2D eigenvalue weighted by Crippen LogP contribution is 2.24. The Labute approximate surface area is 158 Å². The SMILES string of the molecule is COc1ccc([C@@H](NC(=O)c2cc(=O)c3cc(C)ccc3o2)C(C)C)cc1. The molecule has 5 heteroatoms. The number of amides is 1. The first-order valence-electron chi connectivity index (χ1n) is 8.88. The molecule has 2 aromatic carbocycles. The van der Waals surface area contributed by atoms with Crippen LogP contribution in [0, 0.1) is 12.8 Å². The number of hydrogen-bond donors (Lipinski definition) is 1. The predicted molar refractivity (Wildman–Crippen MR) is 105 cm³/mol. The molecule has 0 bridgehead atoms. The number of aryl methyl sites for hydroxylation is 1. The number of rotatable bonds is 5. The lowest BCUT2D eigenvalue weighted by Gasteiger charge is -2.23. The molecule has 0 saturated heterocycles. The average molecular weight is 365 g/mol. The molecule has 3 rings (SSSR count). The van der Waals surface area contributed by atoms with E-state index in [2.05, 4.69) is 5.32 Å². The number of carbonyl (C=O) groups is 1. The third-order valence-corrected chi connectivity index (χ3v) is 4.53. The molecule has 0 radical (unpaired) electrons. The number of nitrogens with one attached hydrogen (secondary N) is 1. The average Bonchev–Trinajstić information content (AvgIpc) is 2.66. The van der Waals surface area contributed by atoms with E-state index in [0.717, 1.165) is 16.9 Å². The Kier molecular flexibility index (Phi) is 5.31. The fraction of sp³-hybridized carbons (Fsp3) is 0.273. The first-order chi connectivity index (χ1) is 12.9. The number of ether oxygens (including phenoxy) is 1. The highest BCUT2D eigenvalue weighted by molar-refractivity contribution is 5.93. The molecule has 0 aliphatic rings. The summed E-state index contributed by atoms with van der Waals surface area (Å²) < 4.78 is 10.9. The molecule has 0 aliphatic carbocycles. The standard InChI is InChI=1S/C22H23NO4/c1-13(2)21(15-6-8-16(26-4)9-7-15)23-22(25)20-12-18(24)17-11-14(3)5-10-19(17)27-20/h5-13,21H,1-4H3,(H,23,25)/t21-/m0/s1. The van der Waals surface area contributed by atoms with Gasteiger partial charge in [0.15, 0.2) is 11.2 Å². The van der Waals surface area contributed by atoms with Gasteiger partial charge in [-0.1, -0.05) is 37.6 Å². The van der Waals surface area contributed by atoms with Gasteiger partial charge in [-0.15, -0.1) is 0 Å². The molecule has 0 spiro atoms. The number of methoxy groups -OCH3 is 1. The fourth-order valence-corrected chi connectivity index (χ4v) is 3.04. The van der Waals surface area contributed by atoms with Gasteiger partial charge in [-0.2, -0.15) is 0 Å². The van der Waals surface area contributed by atoms with Crippen LogP contribution in [0.2, 0.25) is 0 Å². The predicted octanol–water partition coefficient (Wildman–Crippen LogP) is 4.24. The van der Waals surface area contributed by atoms with E-state index in [9.17, 15) is 9.59 Å². The Morgan fingerprint density at radius 2 is 1.78 bits per heavy atom. The maximum absolute atomic E-state index is 12.8. The normalized spacial score (nSPS) is 12.2. The zero-order valence-electron chi connectivity index (χ0n) is 15.9. The molecule has 0 unspecified atom stereocenters. The van der Waals surface area contributed by atoms with Gasteiger partial charge in [-0.3, -0.25) is 9.59 Å². The zero-order chi connectivity index (χ0) is 19.6. The number of carbonyl (C=O) groups excluding carboxylic acids is 1. The largest absolute Gasteiger partial charge is 0.497 e. The maximum atomic E-state index is 12.8. The van der Waals surface area contributed by atoms with Crippen molar-refractivity contribution in [3.05, 3.63) is 75.6 Å². The minimum Gasteiger partial charge on any atom is -0.497 e. The Morgan fingerprint density at radius 1 is 1.07 bits per heavy atom. The van der Waals surface area contributed by atoms with Gasteiger partial charge in [0.2, 0.25) is 0 Å². The van der Waals surface area contributed by atoms with Crippen molar-refractivity contribution in [3.63, 3.8) is 0 Å². The summed E-state index contributed by atoms with van der Waals surface area (Å²) in [5, 5.41) is 3.45. The maximum Gasteiger partial charge on any atom is 0.287 e. The summed E-state index contributed by atoms with van der Waals surface area (Å²) in [5.74, 6) is 0.500. The summed E-state index contributed by atoms with van der Waals surface area (Å²) in [6, 6.07) is 13.9. The van der Waals surface area contributed by atoms with Crippen LogP contribution >= 0.6 is 0 Å². The van der Waals surface area contributed by atoms with E-state index in [-0.39, 0.29) is 23.1 Å². The van der Waals surface area contributed by atoms with Crippen LogP contribution in [-0.2, 0) is 0 Å². The van der Waals surface area contributed by atoms with Crippen LogP contribution in [0.5, 0.6) is 5.75 Å². The van der Waals surface area contributed by atoms with E-state index in [4.69, 9.17) is 9.15 Å². The van der Waals surface area contributed by atoms with Crippen molar-refractivity contribution in [2.45, 2.75) is 26.8 Å². The Bertz CT molecular complexity index is 1020. The summed E-state index contributed by atoms with van der Waals surface area (Å²) in [6.45, 7) is 5.95. The van der Waals surface area contributed by atoms with Crippen LogP contribution in [0.1, 0.15) is 41.6 Å². The van der Waals surface area contributed by atoms with Gasteiger partial charge in [0.05, 0.1) is 18.5 Å². The first-order valence-corrected chi connectivity index (χ1v) is 8.88. The van der Waals surface area contributed by atoms with Crippen LogP contribution in [0.25, 0.3) is 11.0 Å². The lowest BCUT2D eigenvalue weighted by molar-refractivity contribution is 0.0898. The van der Waals surface area contributed by atoms with Crippen LogP contribution in [0.4, 0.5) is 0 Å². The quantitative estimate of drug-likeness (QED) is 0.734. The first kappa shape index (κ1) is 18.7. The Hall–Kier alpha value is -3.08. The lowest BCUT2D eigenvalue weighted by Crippen LogP contribution is -2.32. The molecule has 0 saturated carbocycles.